The van der Waals surface area contributed by atoms with Gasteiger partial charge in [-0.1, -0.05) is 12.1 Å². The lowest BCUT2D eigenvalue weighted by Crippen LogP contribution is -2.22. The van der Waals surface area contributed by atoms with Crippen molar-refractivity contribution < 1.29 is 12.8 Å². The number of sulfonamides is 1. The van der Waals surface area contributed by atoms with Crippen LogP contribution in [0.2, 0.25) is 0 Å². The van der Waals surface area contributed by atoms with Crippen LogP contribution in [-0.4, -0.2) is 43.1 Å². The number of hydrogen-bond acceptors (Lipinski definition) is 4. The summed E-state index contributed by atoms with van der Waals surface area (Å²) in [5.74, 6) is -0.358. The van der Waals surface area contributed by atoms with Crippen molar-refractivity contribution in [2.45, 2.75) is 25.3 Å². The molecule has 6 nitrogen and oxygen atoms in total. The molecule has 0 saturated carbocycles. The van der Waals surface area contributed by atoms with Crippen molar-refractivity contribution in [3.05, 3.63) is 47.6 Å². The van der Waals surface area contributed by atoms with Crippen LogP contribution in [0, 0.1) is 13.8 Å². The molecule has 0 radical (unpaired) electrons. The molecule has 0 saturated heterocycles. The van der Waals surface area contributed by atoms with Crippen LogP contribution in [0.3, 0.4) is 0 Å². The van der Waals surface area contributed by atoms with Gasteiger partial charge in [0, 0.05) is 31.9 Å². The number of halogens is 1. The molecule has 0 aliphatic rings. The van der Waals surface area contributed by atoms with Gasteiger partial charge in [0.1, 0.15) is 5.83 Å². The van der Waals surface area contributed by atoms with E-state index in [1.807, 2.05) is 19.9 Å². The molecule has 2 N–H and O–H groups in total. The zero-order valence-corrected chi connectivity index (χ0v) is 15.6. The number of hydrogen-bond donors (Lipinski definition) is 1. The van der Waals surface area contributed by atoms with Gasteiger partial charge in [0.05, 0.1) is 17.1 Å². The van der Waals surface area contributed by atoms with Gasteiger partial charge in [-0.05, 0) is 37.6 Å². The Kier molecular flexibility index (Phi) is 5.76. The van der Waals surface area contributed by atoms with E-state index in [1.54, 1.807) is 22.9 Å². The molecule has 0 aliphatic carbocycles. The van der Waals surface area contributed by atoms with Gasteiger partial charge in [0.25, 0.3) is 0 Å². The van der Waals surface area contributed by atoms with Crippen molar-refractivity contribution in [1.82, 2.24) is 14.1 Å². The largest absolute Gasteiger partial charge is 0.327 e. The zero-order valence-electron chi connectivity index (χ0n) is 14.8. The maximum Gasteiger partial charge on any atom is 0.242 e. The highest BCUT2D eigenvalue weighted by Crippen LogP contribution is 2.29. The summed E-state index contributed by atoms with van der Waals surface area (Å²) in [6, 6.07) is 6.68. The second-order valence-corrected chi connectivity index (χ2v) is 8.06. The second kappa shape index (κ2) is 7.47. The average Bonchev–Trinajstić information content (AvgIpc) is 2.81. The van der Waals surface area contributed by atoms with E-state index in [2.05, 4.69) is 5.10 Å². The first-order chi connectivity index (χ1) is 11.7. The standard InChI is InChI=1S/C17H23FN4O2S/c1-12-17(13(2)22(20-12)11-15(18)8-9-19)14-6-5-7-16(10-14)25(23,24)21(3)4/h5-8,10H,9,11,19H2,1-4H3. The van der Waals surface area contributed by atoms with E-state index in [0.717, 1.165) is 16.8 Å². The third-order valence-electron chi connectivity index (χ3n) is 3.92. The maximum absolute atomic E-state index is 13.8. The molecule has 25 heavy (non-hydrogen) atoms. The van der Waals surface area contributed by atoms with Crippen molar-refractivity contribution in [3.63, 3.8) is 0 Å². The van der Waals surface area contributed by atoms with Crippen LogP contribution in [0.5, 0.6) is 0 Å². The number of rotatable bonds is 6. The third-order valence-corrected chi connectivity index (χ3v) is 5.73. The molecule has 0 amide bonds. The van der Waals surface area contributed by atoms with Gasteiger partial charge in [-0.25, -0.2) is 17.1 Å². The Labute approximate surface area is 147 Å². The Bertz CT molecular complexity index is 901. The number of benzene rings is 1. The molecule has 8 heteroatoms. The molecule has 0 aliphatic heterocycles. The molecule has 0 fully saturated rings. The van der Waals surface area contributed by atoms with Gasteiger partial charge in [-0.2, -0.15) is 5.10 Å². The van der Waals surface area contributed by atoms with E-state index >= 15 is 0 Å². The number of allylic oxidation sites excluding steroid dienone is 1. The maximum atomic E-state index is 13.8. The predicted octanol–water partition coefficient (Wildman–Crippen LogP) is 2.23. The lowest BCUT2D eigenvalue weighted by atomic mass is 10.0. The van der Waals surface area contributed by atoms with Crippen molar-refractivity contribution in [1.29, 1.82) is 0 Å². The summed E-state index contributed by atoms with van der Waals surface area (Å²) in [6.07, 6.45) is 1.31. The van der Waals surface area contributed by atoms with E-state index in [1.165, 1.54) is 24.5 Å². The first-order valence-corrected chi connectivity index (χ1v) is 9.24. The Balaban J connectivity index is 2.50. The van der Waals surface area contributed by atoms with Crippen LogP contribution in [0.15, 0.2) is 41.1 Å². The minimum atomic E-state index is -3.53. The van der Waals surface area contributed by atoms with E-state index < -0.39 is 10.0 Å². The van der Waals surface area contributed by atoms with Gasteiger partial charge >= 0.3 is 0 Å². The SMILES string of the molecule is Cc1nn(CC(F)=CCN)c(C)c1-c1cccc(S(=O)(=O)N(C)C)c1. The third kappa shape index (κ3) is 3.97. The fourth-order valence-corrected chi connectivity index (χ4v) is 3.58. The van der Waals surface area contributed by atoms with Crippen LogP contribution in [0.1, 0.15) is 11.4 Å². The first kappa shape index (κ1) is 19.3. The highest BCUT2D eigenvalue weighted by Gasteiger charge is 2.20. The van der Waals surface area contributed by atoms with Gasteiger partial charge < -0.3 is 5.73 Å². The quantitative estimate of drug-likeness (QED) is 0.850. The van der Waals surface area contributed by atoms with Crippen LogP contribution in [-0.2, 0) is 16.6 Å². The molecule has 2 rings (SSSR count). The van der Waals surface area contributed by atoms with E-state index in [4.69, 9.17) is 5.73 Å². The van der Waals surface area contributed by atoms with Crippen molar-refractivity contribution >= 4 is 10.0 Å². The van der Waals surface area contributed by atoms with E-state index in [9.17, 15) is 12.8 Å². The van der Waals surface area contributed by atoms with Crippen LogP contribution in [0.25, 0.3) is 11.1 Å². The minimum absolute atomic E-state index is 0.000436. The fraction of sp³-hybridized carbons (Fsp3) is 0.353. The normalized spacial score (nSPS) is 12.8. The van der Waals surface area contributed by atoms with Crippen LogP contribution < -0.4 is 5.73 Å². The number of nitrogens with two attached hydrogens (primary N) is 1. The highest BCUT2D eigenvalue weighted by molar-refractivity contribution is 7.89. The van der Waals surface area contributed by atoms with Crippen molar-refractivity contribution in [3.8, 4) is 11.1 Å². The predicted molar refractivity (Wildman–Crippen MR) is 96.3 cm³/mol. The Hall–Kier alpha value is -2.03. The van der Waals surface area contributed by atoms with Crippen LogP contribution in [0.4, 0.5) is 4.39 Å². The summed E-state index contributed by atoms with van der Waals surface area (Å²) in [5.41, 5.74) is 8.32. The molecule has 0 unspecified atom stereocenters. The Morgan fingerprint density at radius 1 is 1.36 bits per heavy atom. The summed E-state index contributed by atoms with van der Waals surface area (Å²) >= 11 is 0. The lowest BCUT2D eigenvalue weighted by Gasteiger charge is -2.12. The summed E-state index contributed by atoms with van der Waals surface area (Å²) in [4.78, 5) is 0.204. The van der Waals surface area contributed by atoms with E-state index in [-0.39, 0.29) is 23.8 Å². The fourth-order valence-electron chi connectivity index (χ4n) is 2.63. The molecule has 2 aromatic rings. The molecular formula is C17H23FN4O2S. The molecular weight excluding hydrogens is 343 g/mol. The molecule has 0 spiro atoms. The molecule has 1 aromatic carbocycles. The number of aromatic nitrogens is 2. The highest BCUT2D eigenvalue weighted by atomic mass is 32.2. The van der Waals surface area contributed by atoms with Crippen LogP contribution >= 0.6 is 0 Å². The smallest absolute Gasteiger partial charge is 0.242 e. The summed E-state index contributed by atoms with van der Waals surface area (Å²) in [7, 11) is -0.551. The Morgan fingerprint density at radius 3 is 2.64 bits per heavy atom. The summed E-state index contributed by atoms with van der Waals surface area (Å²) in [6.45, 7) is 3.77. The second-order valence-electron chi connectivity index (χ2n) is 5.91. The first-order valence-electron chi connectivity index (χ1n) is 7.80. The molecule has 0 atom stereocenters. The molecule has 0 bridgehead atoms. The van der Waals surface area contributed by atoms with Gasteiger partial charge in [-0.3, -0.25) is 4.68 Å². The van der Waals surface area contributed by atoms with Crippen molar-refractivity contribution in [2.75, 3.05) is 20.6 Å². The van der Waals surface area contributed by atoms with Gasteiger partial charge in [-0.15, -0.1) is 0 Å². The van der Waals surface area contributed by atoms with Gasteiger partial charge in [0.15, 0.2) is 0 Å². The Morgan fingerprint density at radius 2 is 2.04 bits per heavy atom. The lowest BCUT2D eigenvalue weighted by molar-refractivity contribution is 0.517. The molecule has 1 aromatic heterocycles. The topological polar surface area (TPSA) is 81.2 Å². The summed E-state index contributed by atoms with van der Waals surface area (Å²) < 4.78 is 41.2. The van der Waals surface area contributed by atoms with E-state index in [0.29, 0.717) is 5.69 Å². The summed E-state index contributed by atoms with van der Waals surface area (Å²) in [5, 5.41) is 4.37. The molecule has 136 valence electrons. The van der Waals surface area contributed by atoms with Gasteiger partial charge in [0.2, 0.25) is 10.0 Å². The minimum Gasteiger partial charge on any atom is -0.327 e. The number of aryl methyl sites for hydroxylation is 1. The average molecular weight is 366 g/mol. The number of nitrogens with zero attached hydrogens (tertiary/aromatic N) is 3. The van der Waals surface area contributed by atoms with Crippen molar-refractivity contribution in [2.24, 2.45) is 5.73 Å². The zero-order chi connectivity index (χ0) is 18.8. The molecule has 1 heterocycles. The monoisotopic (exact) mass is 366 g/mol.